The van der Waals surface area contributed by atoms with Crippen LogP contribution in [0.15, 0.2) is 65.6 Å². The minimum Gasteiger partial charge on any atom is -0.508 e. The van der Waals surface area contributed by atoms with Gasteiger partial charge in [-0.2, -0.15) is 0 Å². The largest absolute Gasteiger partial charge is 0.508 e. The van der Waals surface area contributed by atoms with Gasteiger partial charge in [-0.3, -0.25) is 4.90 Å². The summed E-state index contributed by atoms with van der Waals surface area (Å²) < 4.78 is 39.7. The molecule has 0 amide bonds. The van der Waals surface area contributed by atoms with Crippen LogP contribution < -0.4 is 0 Å². The van der Waals surface area contributed by atoms with Crippen molar-refractivity contribution in [3.05, 3.63) is 89.5 Å². The monoisotopic (exact) mass is 484 g/mol. The Hall–Kier alpha value is -3.19. The van der Waals surface area contributed by atoms with Gasteiger partial charge in [0, 0.05) is 30.3 Å². The smallest absolute Gasteiger partial charge is 0.147 e. The maximum Gasteiger partial charge on any atom is 0.147 e. The fourth-order valence-electron chi connectivity index (χ4n) is 4.62. The lowest BCUT2D eigenvalue weighted by Crippen LogP contribution is -2.35. The number of hydrogen-bond acceptors (Lipinski definition) is 5. The Morgan fingerprint density at radius 2 is 2.09 bits per heavy atom. The Balaban J connectivity index is 1.74. The first kappa shape index (κ1) is 26.4. The van der Waals surface area contributed by atoms with E-state index in [0.717, 1.165) is 0 Å². The average Bonchev–Trinajstić information content (AvgIpc) is 3.40. The molecule has 1 aromatic heterocycles. The van der Waals surface area contributed by atoms with Gasteiger partial charge in [0.15, 0.2) is 0 Å². The van der Waals surface area contributed by atoms with Crippen LogP contribution in [0.3, 0.4) is 0 Å². The first-order chi connectivity index (χ1) is 16.4. The fraction of sp³-hybridized carbons (Fsp3) is 0.393. The summed E-state index contributed by atoms with van der Waals surface area (Å²) in [5.41, 5.74) is 1.49. The molecule has 0 bridgehead atoms. The van der Waals surface area contributed by atoms with Gasteiger partial charge in [-0.25, -0.2) is 8.78 Å². The van der Waals surface area contributed by atoms with Gasteiger partial charge in [-0.15, -0.1) is 0 Å². The van der Waals surface area contributed by atoms with Crippen molar-refractivity contribution in [1.82, 2.24) is 10.1 Å². The molecule has 3 rings (SSSR count). The van der Waals surface area contributed by atoms with Crippen LogP contribution in [0.1, 0.15) is 56.7 Å². The molecule has 0 saturated carbocycles. The number of aromatic nitrogens is 1. The Labute approximate surface area is 206 Å². The van der Waals surface area contributed by atoms with E-state index in [4.69, 9.17) is 9.26 Å². The molecule has 1 saturated heterocycles. The third kappa shape index (κ3) is 5.90. The quantitative estimate of drug-likeness (QED) is 0.321. The zero-order chi connectivity index (χ0) is 25.9. The highest BCUT2D eigenvalue weighted by molar-refractivity contribution is 5.64. The third-order valence-corrected chi connectivity index (χ3v) is 6.52. The van der Waals surface area contributed by atoms with E-state index >= 15 is 0 Å². The minimum absolute atomic E-state index is 0.0532. The second-order valence-electron chi connectivity index (χ2n) is 9.64. The molecular formula is C28H34F2N2O3. The van der Waals surface area contributed by atoms with Crippen LogP contribution in [0.4, 0.5) is 8.78 Å². The Morgan fingerprint density at radius 1 is 1.37 bits per heavy atom. The van der Waals surface area contributed by atoms with E-state index < -0.39 is 11.6 Å². The molecule has 0 radical (unpaired) electrons. The number of benzene rings is 1. The molecule has 1 N–H and O–H groups in total. The second-order valence-corrected chi connectivity index (χ2v) is 9.64. The number of ether oxygens (including phenoxy) is 1. The van der Waals surface area contributed by atoms with Crippen LogP contribution in [0.25, 0.3) is 11.6 Å². The highest BCUT2D eigenvalue weighted by Gasteiger charge is 2.34. The summed E-state index contributed by atoms with van der Waals surface area (Å²) in [6, 6.07) is 6.53. The molecule has 1 aliphatic rings. The van der Waals surface area contributed by atoms with Crippen molar-refractivity contribution in [3.8, 4) is 0 Å². The van der Waals surface area contributed by atoms with Gasteiger partial charge in [0.1, 0.15) is 41.1 Å². The number of likely N-dealkylation sites (N-methyl/N-ethyl adjacent to an activating group) is 1. The Bertz CT molecular complexity index is 1150. The van der Waals surface area contributed by atoms with Gasteiger partial charge >= 0.3 is 0 Å². The molecule has 7 heteroatoms. The topological polar surface area (TPSA) is 58.7 Å². The van der Waals surface area contributed by atoms with Crippen LogP contribution in [-0.2, 0) is 10.2 Å². The van der Waals surface area contributed by atoms with Crippen LogP contribution >= 0.6 is 0 Å². The number of rotatable bonds is 9. The highest BCUT2D eigenvalue weighted by atomic mass is 19.1. The summed E-state index contributed by atoms with van der Waals surface area (Å²) in [6.07, 6.45) is 3.81. The van der Waals surface area contributed by atoms with E-state index in [-0.39, 0.29) is 29.5 Å². The molecule has 35 heavy (non-hydrogen) atoms. The fourth-order valence-corrected chi connectivity index (χ4v) is 4.62. The number of nitrogens with zero attached hydrogens (tertiary/aromatic N) is 2. The number of halogens is 2. The summed E-state index contributed by atoms with van der Waals surface area (Å²) in [7, 11) is 1.87. The molecule has 0 spiro atoms. The van der Waals surface area contributed by atoms with Crippen molar-refractivity contribution >= 4 is 11.6 Å². The minimum atomic E-state index is -0.863. The van der Waals surface area contributed by atoms with E-state index in [1.165, 1.54) is 18.2 Å². The third-order valence-electron chi connectivity index (χ3n) is 6.52. The highest BCUT2D eigenvalue weighted by Crippen LogP contribution is 2.37. The molecule has 0 unspecified atom stereocenters. The zero-order valence-electron chi connectivity index (χ0n) is 21.0. The summed E-state index contributed by atoms with van der Waals surface area (Å²) in [5, 5.41) is 14.5. The van der Waals surface area contributed by atoms with Crippen molar-refractivity contribution in [1.29, 1.82) is 0 Å². The molecule has 1 aromatic carbocycles. The predicted molar refractivity (Wildman–Crippen MR) is 135 cm³/mol. The molecule has 1 fully saturated rings. The molecule has 188 valence electrons. The summed E-state index contributed by atoms with van der Waals surface area (Å²) >= 11 is 0. The lowest BCUT2D eigenvalue weighted by molar-refractivity contribution is 0.0694. The summed E-state index contributed by atoms with van der Waals surface area (Å²) in [4.78, 5) is 1.93. The zero-order valence-corrected chi connectivity index (χ0v) is 21.0. The number of aliphatic hydroxyl groups excluding tert-OH is 1. The molecule has 2 aromatic rings. The molecule has 1 aliphatic heterocycles. The van der Waals surface area contributed by atoms with E-state index in [0.29, 0.717) is 41.1 Å². The normalized spacial score (nSPS) is 20.7. The summed E-state index contributed by atoms with van der Waals surface area (Å²) in [6.45, 7) is 15.4. The number of likely N-dealkylation sites (tertiary alicyclic amines) is 1. The maximum atomic E-state index is 14.7. The van der Waals surface area contributed by atoms with Gasteiger partial charge in [-0.1, -0.05) is 36.5 Å². The van der Waals surface area contributed by atoms with Crippen molar-refractivity contribution in [2.24, 2.45) is 0 Å². The lowest BCUT2D eigenvalue weighted by atomic mass is 9.79. The van der Waals surface area contributed by atoms with Crippen molar-refractivity contribution < 1.29 is 23.1 Å². The second kappa shape index (κ2) is 10.6. The molecular weight excluding hydrogens is 450 g/mol. The van der Waals surface area contributed by atoms with Gasteiger partial charge in [0.05, 0.1) is 5.41 Å². The van der Waals surface area contributed by atoms with Crippen molar-refractivity contribution in [3.63, 3.8) is 0 Å². The van der Waals surface area contributed by atoms with E-state index in [9.17, 15) is 13.9 Å². The average molecular weight is 485 g/mol. The number of aliphatic hydroxyl groups is 1. The summed E-state index contributed by atoms with van der Waals surface area (Å²) in [5.74, 6) is 0.324. The number of alkyl halides is 1. The van der Waals surface area contributed by atoms with Crippen LogP contribution in [0, 0.1) is 5.82 Å². The molecule has 5 nitrogen and oxygen atoms in total. The molecule has 0 aliphatic carbocycles. The SMILES string of the molecule is C=Cc1cccc(F)c1C(C)(C)c1cc(/C(C)=C/C(O)=C\C(=C)O[C@@H](C)[C@@H]2C[C@@H](F)CN2C)no1. The van der Waals surface area contributed by atoms with E-state index in [2.05, 4.69) is 18.3 Å². The first-order valence-electron chi connectivity index (χ1n) is 11.6. The van der Waals surface area contributed by atoms with Crippen molar-refractivity contribution in [2.75, 3.05) is 13.6 Å². The van der Waals surface area contributed by atoms with Gasteiger partial charge in [0.25, 0.3) is 0 Å². The van der Waals surface area contributed by atoms with Gasteiger partial charge in [-0.05, 0) is 64.4 Å². The Kier molecular flexibility index (Phi) is 8.00. The van der Waals surface area contributed by atoms with Gasteiger partial charge in [0.2, 0.25) is 0 Å². The van der Waals surface area contributed by atoms with Crippen LogP contribution in [0.5, 0.6) is 0 Å². The number of hydrogen-bond donors (Lipinski definition) is 1. The van der Waals surface area contributed by atoms with Gasteiger partial charge < -0.3 is 14.4 Å². The number of allylic oxidation sites excluding steroid dienone is 3. The Morgan fingerprint density at radius 3 is 2.71 bits per heavy atom. The maximum absolute atomic E-state index is 14.7. The molecule has 3 atom stereocenters. The lowest BCUT2D eigenvalue weighted by Gasteiger charge is -2.26. The first-order valence-corrected chi connectivity index (χ1v) is 11.6. The van der Waals surface area contributed by atoms with Crippen LogP contribution in [-0.4, -0.2) is 47.1 Å². The standard InChI is InChI=1S/C28H34F2N2O3/c1-8-20-10-9-11-23(30)27(20)28(5,6)26-15-24(31-35-26)17(2)12-22(33)13-18(3)34-19(4)25-14-21(29)16-32(25)7/h8-13,15,19,21,25,33H,1,3,14,16H2,2,4-7H3/b17-12+,22-13+/t19-,21+,25-/m0/s1. The molecule has 2 heterocycles. The van der Waals surface area contributed by atoms with Crippen molar-refractivity contribution in [2.45, 2.75) is 57.8 Å². The van der Waals surface area contributed by atoms with E-state index in [1.54, 1.807) is 31.2 Å². The van der Waals surface area contributed by atoms with E-state index in [1.807, 2.05) is 32.7 Å². The van der Waals surface area contributed by atoms with Crippen LogP contribution in [0.2, 0.25) is 0 Å². The predicted octanol–water partition coefficient (Wildman–Crippen LogP) is 6.59.